The number of hydrogen-bond donors (Lipinski definition) is 3. The van der Waals surface area contributed by atoms with E-state index in [1.807, 2.05) is 24.3 Å². The summed E-state index contributed by atoms with van der Waals surface area (Å²) in [6, 6.07) is 16.2. The SMILES string of the molecule is Cc1nc(CNC(=O)OCC2c3ccccc3-c3ccccc32)sc1C(=O)NCCC(=O)O. The lowest BCUT2D eigenvalue weighted by molar-refractivity contribution is -0.136. The highest BCUT2D eigenvalue weighted by Crippen LogP contribution is 2.44. The number of benzene rings is 2. The minimum absolute atomic E-state index is 0.0219. The fourth-order valence-corrected chi connectivity index (χ4v) is 4.82. The molecule has 9 heteroatoms. The van der Waals surface area contributed by atoms with Gasteiger partial charge < -0.3 is 20.5 Å². The van der Waals surface area contributed by atoms with Crippen molar-refractivity contribution >= 4 is 29.3 Å². The molecular formula is C24H23N3O5S. The molecule has 0 saturated heterocycles. The quantitative estimate of drug-likeness (QED) is 0.467. The maximum atomic E-state index is 12.3. The second-order valence-corrected chi connectivity index (χ2v) is 8.68. The number of hydrogen-bond acceptors (Lipinski definition) is 6. The number of nitrogens with one attached hydrogen (secondary N) is 2. The molecule has 2 amide bonds. The van der Waals surface area contributed by atoms with E-state index in [9.17, 15) is 14.4 Å². The predicted octanol–water partition coefficient (Wildman–Crippen LogP) is 3.69. The Morgan fingerprint density at radius 1 is 1.03 bits per heavy atom. The molecule has 4 rings (SSSR count). The van der Waals surface area contributed by atoms with Crippen LogP contribution < -0.4 is 10.6 Å². The zero-order valence-corrected chi connectivity index (χ0v) is 18.8. The van der Waals surface area contributed by atoms with Gasteiger partial charge in [0.15, 0.2) is 0 Å². The molecular weight excluding hydrogens is 442 g/mol. The highest BCUT2D eigenvalue weighted by atomic mass is 32.1. The van der Waals surface area contributed by atoms with Crippen molar-refractivity contribution in [2.75, 3.05) is 13.2 Å². The van der Waals surface area contributed by atoms with Gasteiger partial charge in [0.25, 0.3) is 5.91 Å². The Hall–Kier alpha value is -3.72. The number of aryl methyl sites for hydroxylation is 1. The van der Waals surface area contributed by atoms with Crippen molar-refractivity contribution in [3.05, 3.63) is 75.2 Å². The van der Waals surface area contributed by atoms with Gasteiger partial charge in [0.2, 0.25) is 0 Å². The van der Waals surface area contributed by atoms with Crippen molar-refractivity contribution < 1.29 is 24.2 Å². The molecule has 3 N–H and O–H groups in total. The zero-order valence-electron chi connectivity index (χ0n) is 18.0. The molecule has 0 saturated carbocycles. The van der Waals surface area contributed by atoms with Crippen molar-refractivity contribution in [1.29, 1.82) is 0 Å². The van der Waals surface area contributed by atoms with E-state index in [0.717, 1.165) is 33.6 Å². The molecule has 1 aliphatic carbocycles. The van der Waals surface area contributed by atoms with E-state index in [2.05, 4.69) is 39.9 Å². The van der Waals surface area contributed by atoms with E-state index in [4.69, 9.17) is 9.84 Å². The fraction of sp³-hybridized carbons (Fsp3) is 0.250. The first kappa shape index (κ1) is 22.5. The number of fused-ring (bicyclic) bond motifs is 3. The number of amides is 2. The van der Waals surface area contributed by atoms with Crippen LogP contribution in [-0.2, 0) is 16.1 Å². The van der Waals surface area contributed by atoms with Crippen LogP contribution in [0.3, 0.4) is 0 Å². The Balaban J connectivity index is 1.32. The molecule has 0 bridgehead atoms. The molecule has 0 aliphatic heterocycles. The van der Waals surface area contributed by atoms with E-state index in [1.54, 1.807) is 6.92 Å². The lowest BCUT2D eigenvalue weighted by atomic mass is 9.98. The second kappa shape index (κ2) is 9.83. The van der Waals surface area contributed by atoms with Gasteiger partial charge in [0, 0.05) is 12.5 Å². The van der Waals surface area contributed by atoms with E-state index < -0.39 is 12.1 Å². The van der Waals surface area contributed by atoms with Crippen LogP contribution in [0.1, 0.15) is 43.8 Å². The van der Waals surface area contributed by atoms with Gasteiger partial charge in [0.05, 0.1) is 18.7 Å². The van der Waals surface area contributed by atoms with Crippen molar-refractivity contribution in [3.63, 3.8) is 0 Å². The fourth-order valence-electron chi connectivity index (χ4n) is 3.90. The van der Waals surface area contributed by atoms with Gasteiger partial charge in [-0.05, 0) is 29.2 Å². The molecule has 1 aliphatic rings. The number of aromatic nitrogens is 1. The molecule has 0 atom stereocenters. The van der Waals surface area contributed by atoms with Crippen molar-refractivity contribution in [2.45, 2.75) is 25.8 Å². The Kier molecular flexibility index (Phi) is 6.69. The van der Waals surface area contributed by atoms with Crippen molar-refractivity contribution in [3.8, 4) is 11.1 Å². The largest absolute Gasteiger partial charge is 0.481 e. The maximum Gasteiger partial charge on any atom is 0.407 e. The first-order chi connectivity index (χ1) is 15.9. The number of carbonyl (C=O) groups is 3. The molecule has 0 radical (unpaired) electrons. The van der Waals surface area contributed by atoms with Crippen LogP contribution in [0.25, 0.3) is 11.1 Å². The van der Waals surface area contributed by atoms with Crippen molar-refractivity contribution in [2.24, 2.45) is 0 Å². The number of carboxylic acids is 1. The average molecular weight is 466 g/mol. The third kappa shape index (κ3) is 5.04. The summed E-state index contributed by atoms with van der Waals surface area (Å²) in [6.45, 7) is 2.08. The van der Waals surface area contributed by atoms with Crippen molar-refractivity contribution in [1.82, 2.24) is 15.6 Å². The lowest BCUT2D eigenvalue weighted by Gasteiger charge is -2.14. The predicted molar refractivity (Wildman–Crippen MR) is 123 cm³/mol. The van der Waals surface area contributed by atoms with Gasteiger partial charge in [-0.3, -0.25) is 9.59 Å². The maximum absolute atomic E-state index is 12.3. The molecule has 1 aromatic heterocycles. The van der Waals surface area contributed by atoms with Gasteiger partial charge in [-0.25, -0.2) is 9.78 Å². The van der Waals surface area contributed by atoms with E-state index in [1.165, 1.54) is 0 Å². The number of ether oxygens (including phenoxy) is 1. The molecule has 0 unspecified atom stereocenters. The first-order valence-electron chi connectivity index (χ1n) is 10.5. The van der Waals surface area contributed by atoms with Crippen LogP contribution in [0, 0.1) is 6.92 Å². The van der Waals surface area contributed by atoms with Crippen LogP contribution in [0.2, 0.25) is 0 Å². The standard InChI is InChI=1S/C24H23N3O5S/c1-14-22(23(30)25-11-10-21(28)29)33-20(27-14)12-26-24(31)32-13-19-17-8-4-2-6-15(17)16-7-3-5-9-18(16)19/h2-9,19H,10-13H2,1H3,(H,25,30)(H,26,31)(H,28,29). The Labute approximate surface area is 194 Å². The molecule has 8 nitrogen and oxygen atoms in total. The van der Waals surface area contributed by atoms with Crippen LogP contribution >= 0.6 is 11.3 Å². The Bertz CT molecular complexity index is 1160. The number of thiazole rings is 1. The summed E-state index contributed by atoms with van der Waals surface area (Å²) in [5.74, 6) is -1.38. The van der Waals surface area contributed by atoms with Crippen LogP contribution in [0.5, 0.6) is 0 Å². The lowest BCUT2D eigenvalue weighted by Crippen LogP contribution is -2.26. The van der Waals surface area contributed by atoms with Gasteiger partial charge in [0.1, 0.15) is 16.5 Å². The number of carbonyl (C=O) groups excluding carboxylic acids is 2. The number of carboxylic acid groups (broad SMARTS) is 1. The summed E-state index contributed by atoms with van der Waals surface area (Å²) < 4.78 is 5.51. The molecule has 1 heterocycles. The minimum Gasteiger partial charge on any atom is -0.481 e. The third-order valence-electron chi connectivity index (χ3n) is 5.40. The molecule has 3 aromatic rings. The molecule has 0 fully saturated rings. The molecule has 0 spiro atoms. The molecule has 2 aromatic carbocycles. The van der Waals surface area contributed by atoms with E-state index >= 15 is 0 Å². The summed E-state index contributed by atoms with van der Waals surface area (Å²) in [5, 5.41) is 14.5. The van der Waals surface area contributed by atoms with Crippen LogP contribution in [0.4, 0.5) is 4.79 Å². The summed E-state index contributed by atoms with van der Waals surface area (Å²) in [7, 11) is 0. The van der Waals surface area contributed by atoms with Gasteiger partial charge in [-0.2, -0.15) is 0 Å². The monoisotopic (exact) mass is 465 g/mol. The highest BCUT2D eigenvalue weighted by molar-refractivity contribution is 7.13. The highest BCUT2D eigenvalue weighted by Gasteiger charge is 2.29. The number of rotatable bonds is 8. The summed E-state index contributed by atoms with van der Waals surface area (Å²) in [6.07, 6.45) is -0.711. The Morgan fingerprint density at radius 3 is 2.30 bits per heavy atom. The molecule has 170 valence electrons. The normalized spacial score (nSPS) is 12.0. The van der Waals surface area contributed by atoms with Crippen LogP contribution in [0.15, 0.2) is 48.5 Å². The first-order valence-corrected chi connectivity index (χ1v) is 11.3. The summed E-state index contributed by atoms with van der Waals surface area (Å²) >= 11 is 1.15. The average Bonchev–Trinajstić information content (AvgIpc) is 3.33. The minimum atomic E-state index is -0.982. The zero-order chi connectivity index (χ0) is 23.4. The van der Waals surface area contributed by atoms with E-state index in [0.29, 0.717) is 15.6 Å². The number of alkyl carbamates (subject to hydrolysis) is 1. The smallest absolute Gasteiger partial charge is 0.407 e. The van der Waals surface area contributed by atoms with Gasteiger partial charge >= 0.3 is 12.1 Å². The number of nitrogens with zero attached hydrogens (tertiary/aromatic N) is 1. The summed E-state index contributed by atoms with van der Waals surface area (Å²) in [4.78, 5) is 39.8. The van der Waals surface area contributed by atoms with Gasteiger partial charge in [-0.15, -0.1) is 11.3 Å². The third-order valence-corrected chi connectivity index (χ3v) is 6.56. The number of aliphatic carboxylic acids is 1. The topological polar surface area (TPSA) is 118 Å². The second-order valence-electron chi connectivity index (χ2n) is 7.60. The summed E-state index contributed by atoms with van der Waals surface area (Å²) in [5.41, 5.74) is 5.13. The molecule has 33 heavy (non-hydrogen) atoms. The van der Waals surface area contributed by atoms with Gasteiger partial charge in [-0.1, -0.05) is 48.5 Å². The Morgan fingerprint density at radius 2 is 1.67 bits per heavy atom. The van der Waals surface area contributed by atoms with Crippen LogP contribution in [-0.4, -0.2) is 41.2 Å². The van der Waals surface area contributed by atoms with E-state index in [-0.39, 0.29) is 37.9 Å².